The van der Waals surface area contributed by atoms with Crippen LogP contribution in [0.1, 0.15) is 56.2 Å². The second kappa shape index (κ2) is 9.83. The van der Waals surface area contributed by atoms with Crippen molar-refractivity contribution >= 4 is 29.1 Å². The number of nitrogens with zero attached hydrogens (tertiary/aromatic N) is 1. The van der Waals surface area contributed by atoms with Gasteiger partial charge in [-0.15, -0.1) is 0 Å². The Morgan fingerprint density at radius 3 is 2.53 bits per heavy atom. The highest BCUT2D eigenvalue weighted by molar-refractivity contribution is 6.30. The monoisotopic (exact) mass is 449 g/mol. The molecule has 3 aromatic rings. The van der Waals surface area contributed by atoms with E-state index in [1.807, 2.05) is 37.3 Å². The first-order chi connectivity index (χ1) is 15.5. The van der Waals surface area contributed by atoms with Crippen LogP contribution in [0.4, 0.5) is 0 Å². The third-order valence-corrected chi connectivity index (χ3v) is 5.72. The Kier molecular flexibility index (Phi) is 6.71. The molecule has 0 aliphatic heterocycles. The van der Waals surface area contributed by atoms with Gasteiger partial charge in [-0.05, 0) is 56.0 Å². The zero-order valence-electron chi connectivity index (χ0n) is 17.8. The fourth-order valence-corrected chi connectivity index (χ4v) is 3.95. The molecule has 7 heteroatoms. The van der Waals surface area contributed by atoms with Gasteiger partial charge < -0.3 is 9.73 Å². The highest BCUT2D eigenvalue weighted by atomic mass is 35.5. The molecule has 0 saturated carbocycles. The number of rotatable bonds is 6. The Balaban J connectivity index is 1.46. The number of hydrogen-bond donors (Lipinski definition) is 2. The molecule has 1 aliphatic carbocycles. The predicted octanol–water partition coefficient (Wildman–Crippen LogP) is 4.68. The number of furan rings is 1. The standard InChI is InChI=1S/C25H24ClN3O3/c1-16-22-20(28-29-24(30)18-10-12-19(26)13-11-18)8-5-9-21(22)32-23(16)25(31)27-15-14-17-6-3-2-4-7-17/h2-4,6-7,10-13H,5,8-9,14-15H2,1H3,(H,27,31)(H,29,30)/b28-20+. The van der Waals surface area contributed by atoms with E-state index < -0.39 is 0 Å². The number of amides is 2. The Hall–Kier alpha value is -3.38. The van der Waals surface area contributed by atoms with Crippen molar-refractivity contribution in [3.63, 3.8) is 0 Å². The van der Waals surface area contributed by atoms with Gasteiger partial charge in [0, 0.05) is 34.7 Å². The minimum absolute atomic E-state index is 0.239. The van der Waals surface area contributed by atoms with E-state index in [1.54, 1.807) is 24.3 Å². The number of benzene rings is 2. The second-order valence-corrected chi connectivity index (χ2v) is 8.14. The molecule has 1 aliphatic rings. The molecule has 0 saturated heterocycles. The summed E-state index contributed by atoms with van der Waals surface area (Å²) in [4.78, 5) is 25.1. The molecule has 0 bridgehead atoms. The van der Waals surface area contributed by atoms with E-state index >= 15 is 0 Å². The number of aryl methyl sites for hydroxylation is 1. The number of nitrogens with one attached hydrogen (secondary N) is 2. The van der Waals surface area contributed by atoms with E-state index in [4.69, 9.17) is 16.0 Å². The molecular weight excluding hydrogens is 426 g/mol. The van der Waals surface area contributed by atoms with Crippen LogP contribution in [0, 0.1) is 6.92 Å². The number of carbonyl (C=O) groups is 2. The maximum atomic E-state index is 12.7. The van der Waals surface area contributed by atoms with E-state index in [9.17, 15) is 9.59 Å². The molecule has 164 valence electrons. The predicted molar refractivity (Wildman–Crippen MR) is 124 cm³/mol. The van der Waals surface area contributed by atoms with Gasteiger partial charge in [-0.25, -0.2) is 5.43 Å². The van der Waals surface area contributed by atoms with Crippen molar-refractivity contribution in [2.45, 2.75) is 32.6 Å². The van der Waals surface area contributed by atoms with Gasteiger partial charge in [-0.2, -0.15) is 5.10 Å². The van der Waals surface area contributed by atoms with Crippen molar-refractivity contribution in [1.29, 1.82) is 0 Å². The third kappa shape index (κ3) is 4.92. The topological polar surface area (TPSA) is 83.7 Å². The fraction of sp³-hybridized carbons (Fsp3) is 0.240. The molecule has 0 spiro atoms. The molecule has 0 fully saturated rings. The van der Waals surface area contributed by atoms with Crippen LogP contribution in [0.15, 0.2) is 64.1 Å². The largest absolute Gasteiger partial charge is 0.455 e. The lowest BCUT2D eigenvalue weighted by Crippen LogP contribution is -2.26. The summed E-state index contributed by atoms with van der Waals surface area (Å²) in [7, 11) is 0. The van der Waals surface area contributed by atoms with Crippen LogP contribution >= 0.6 is 11.6 Å². The molecular formula is C25H24ClN3O3. The maximum Gasteiger partial charge on any atom is 0.287 e. The van der Waals surface area contributed by atoms with Gasteiger partial charge in [0.1, 0.15) is 5.76 Å². The highest BCUT2D eigenvalue weighted by Gasteiger charge is 2.28. The van der Waals surface area contributed by atoms with Crippen molar-refractivity contribution in [3.05, 3.63) is 93.4 Å². The summed E-state index contributed by atoms with van der Waals surface area (Å²) in [5.41, 5.74) is 6.53. The molecule has 0 unspecified atom stereocenters. The normalized spacial score (nSPS) is 14.1. The SMILES string of the molecule is Cc1c(C(=O)NCCc2ccccc2)oc2c1/C(=N/NC(=O)c1ccc(Cl)cc1)CCC2. The van der Waals surface area contributed by atoms with Crippen molar-refractivity contribution in [3.8, 4) is 0 Å². The van der Waals surface area contributed by atoms with Gasteiger partial charge in [0.05, 0.1) is 5.71 Å². The lowest BCUT2D eigenvalue weighted by atomic mass is 9.93. The first kappa shape index (κ1) is 21.8. The zero-order chi connectivity index (χ0) is 22.5. The molecule has 0 radical (unpaired) electrons. The Bertz CT molecular complexity index is 1150. The van der Waals surface area contributed by atoms with Gasteiger partial charge in [0.2, 0.25) is 0 Å². The van der Waals surface area contributed by atoms with Crippen LogP contribution in [0.25, 0.3) is 0 Å². The van der Waals surface area contributed by atoms with Crippen LogP contribution in [0.2, 0.25) is 5.02 Å². The van der Waals surface area contributed by atoms with Gasteiger partial charge in [0.25, 0.3) is 11.8 Å². The summed E-state index contributed by atoms with van der Waals surface area (Å²) in [5, 5.41) is 7.85. The van der Waals surface area contributed by atoms with E-state index in [2.05, 4.69) is 15.8 Å². The quantitative estimate of drug-likeness (QED) is 0.536. The first-order valence-corrected chi connectivity index (χ1v) is 11.0. The van der Waals surface area contributed by atoms with Gasteiger partial charge in [0.15, 0.2) is 5.76 Å². The minimum Gasteiger partial charge on any atom is -0.455 e. The number of carbonyl (C=O) groups excluding carboxylic acids is 2. The number of halogens is 1. The number of hydrogen-bond acceptors (Lipinski definition) is 4. The smallest absolute Gasteiger partial charge is 0.287 e. The van der Waals surface area contributed by atoms with Crippen molar-refractivity contribution in [2.75, 3.05) is 6.54 Å². The van der Waals surface area contributed by atoms with E-state index in [1.165, 1.54) is 0 Å². The molecule has 4 rings (SSSR count). The Morgan fingerprint density at radius 2 is 1.78 bits per heavy atom. The van der Waals surface area contributed by atoms with Gasteiger partial charge in [-0.1, -0.05) is 41.9 Å². The molecule has 0 atom stereocenters. The summed E-state index contributed by atoms with van der Waals surface area (Å²) in [5.74, 6) is 0.488. The summed E-state index contributed by atoms with van der Waals surface area (Å²) in [6.07, 6.45) is 3.01. The first-order valence-electron chi connectivity index (χ1n) is 10.6. The molecule has 1 heterocycles. The van der Waals surface area contributed by atoms with Crippen LogP contribution in [0.3, 0.4) is 0 Å². The molecule has 2 N–H and O–H groups in total. The van der Waals surface area contributed by atoms with Gasteiger partial charge >= 0.3 is 0 Å². The lowest BCUT2D eigenvalue weighted by Gasteiger charge is -2.13. The molecule has 6 nitrogen and oxygen atoms in total. The van der Waals surface area contributed by atoms with E-state index in [0.717, 1.165) is 47.4 Å². The average Bonchev–Trinajstić information content (AvgIpc) is 3.16. The number of fused-ring (bicyclic) bond motifs is 1. The Morgan fingerprint density at radius 1 is 1.03 bits per heavy atom. The van der Waals surface area contributed by atoms with Crippen LogP contribution < -0.4 is 10.7 Å². The maximum absolute atomic E-state index is 12.7. The Labute approximate surface area is 191 Å². The lowest BCUT2D eigenvalue weighted by molar-refractivity contribution is 0.0922. The number of hydrazone groups is 1. The molecule has 2 aromatic carbocycles. The fourth-order valence-electron chi connectivity index (χ4n) is 3.83. The van der Waals surface area contributed by atoms with Crippen LogP contribution in [-0.2, 0) is 12.8 Å². The third-order valence-electron chi connectivity index (χ3n) is 5.47. The second-order valence-electron chi connectivity index (χ2n) is 7.71. The van der Waals surface area contributed by atoms with E-state index in [0.29, 0.717) is 29.3 Å². The van der Waals surface area contributed by atoms with Crippen molar-refractivity contribution < 1.29 is 14.0 Å². The zero-order valence-corrected chi connectivity index (χ0v) is 18.5. The summed E-state index contributed by atoms with van der Waals surface area (Å²) in [6.45, 7) is 2.38. The van der Waals surface area contributed by atoms with Crippen LogP contribution in [-0.4, -0.2) is 24.1 Å². The average molecular weight is 450 g/mol. The molecule has 32 heavy (non-hydrogen) atoms. The van der Waals surface area contributed by atoms with E-state index in [-0.39, 0.29) is 11.8 Å². The molecule has 2 amide bonds. The summed E-state index contributed by atoms with van der Waals surface area (Å²) in [6, 6.07) is 16.6. The van der Waals surface area contributed by atoms with Crippen molar-refractivity contribution in [2.24, 2.45) is 5.10 Å². The van der Waals surface area contributed by atoms with Crippen LogP contribution in [0.5, 0.6) is 0 Å². The van der Waals surface area contributed by atoms with Crippen molar-refractivity contribution in [1.82, 2.24) is 10.7 Å². The van der Waals surface area contributed by atoms with Gasteiger partial charge in [-0.3, -0.25) is 9.59 Å². The minimum atomic E-state index is -0.318. The highest BCUT2D eigenvalue weighted by Crippen LogP contribution is 2.29. The summed E-state index contributed by atoms with van der Waals surface area (Å²) < 4.78 is 5.92. The molecule has 1 aromatic heterocycles. The summed E-state index contributed by atoms with van der Waals surface area (Å²) >= 11 is 5.88.